The number of hydrogen-bond acceptors (Lipinski definition) is 4. The summed E-state index contributed by atoms with van der Waals surface area (Å²) in [5, 5.41) is 6.70. The summed E-state index contributed by atoms with van der Waals surface area (Å²) in [6.45, 7) is 11.3. The lowest BCUT2D eigenvalue weighted by molar-refractivity contribution is 0.0179. The molecule has 0 aromatic heterocycles. The molecule has 1 aromatic carbocycles. The van der Waals surface area contributed by atoms with Crippen LogP contribution in [-0.2, 0) is 4.74 Å². The van der Waals surface area contributed by atoms with Crippen LogP contribution < -0.4 is 15.4 Å². The zero-order chi connectivity index (χ0) is 18.1. The highest BCUT2D eigenvalue weighted by Crippen LogP contribution is 2.24. The topological polar surface area (TPSA) is 58.1 Å². The maximum absolute atomic E-state index is 5.52. The van der Waals surface area contributed by atoms with Crippen molar-refractivity contribution < 1.29 is 9.47 Å². The van der Waals surface area contributed by atoms with Gasteiger partial charge in [-0.25, -0.2) is 0 Å². The maximum atomic E-state index is 5.52. The maximum Gasteiger partial charge on any atom is 0.191 e. The van der Waals surface area contributed by atoms with Gasteiger partial charge in [0.25, 0.3) is 0 Å². The molecule has 2 rings (SSSR count). The molecule has 0 amide bonds. The highest BCUT2D eigenvalue weighted by Gasteiger charge is 2.22. The quantitative estimate of drug-likeness (QED) is 0.583. The molecule has 1 fully saturated rings. The number of methoxy groups -OCH3 is 1. The van der Waals surface area contributed by atoms with Crippen molar-refractivity contribution in [1.82, 2.24) is 15.5 Å². The largest absolute Gasteiger partial charge is 0.497 e. The molecule has 140 valence electrons. The van der Waals surface area contributed by atoms with E-state index in [1.54, 1.807) is 7.11 Å². The fourth-order valence-electron chi connectivity index (χ4n) is 2.92. The average molecular weight is 348 g/mol. The van der Waals surface area contributed by atoms with Crippen LogP contribution >= 0.6 is 0 Å². The van der Waals surface area contributed by atoms with Crippen molar-refractivity contribution >= 4 is 5.96 Å². The number of hydrogen-bond donors (Lipinski definition) is 2. The van der Waals surface area contributed by atoms with Gasteiger partial charge in [-0.15, -0.1) is 0 Å². The minimum atomic E-state index is 0.234. The fraction of sp³-hybridized carbons (Fsp3) is 0.632. The summed E-state index contributed by atoms with van der Waals surface area (Å²) >= 11 is 0. The molecule has 1 atom stereocenters. The molecule has 2 N–H and O–H groups in total. The van der Waals surface area contributed by atoms with Crippen molar-refractivity contribution in [1.29, 1.82) is 0 Å². The zero-order valence-electron chi connectivity index (χ0n) is 15.9. The predicted octanol–water partition coefficient (Wildman–Crippen LogP) is 2.03. The van der Waals surface area contributed by atoms with Gasteiger partial charge in [-0.1, -0.05) is 12.1 Å². The van der Waals surface area contributed by atoms with Gasteiger partial charge in [-0.3, -0.25) is 9.89 Å². The second-order valence-corrected chi connectivity index (χ2v) is 6.46. The summed E-state index contributed by atoms with van der Waals surface area (Å²) in [5.74, 6) is 1.74. The SMILES string of the molecule is CCNC(=NCC(c1ccc(OC)cc1)N1CCOCC1)NC(C)C. The lowest BCUT2D eigenvalue weighted by atomic mass is 10.0. The first-order valence-electron chi connectivity index (χ1n) is 9.14. The van der Waals surface area contributed by atoms with Gasteiger partial charge < -0.3 is 20.1 Å². The van der Waals surface area contributed by atoms with Gasteiger partial charge in [0, 0.05) is 25.7 Å². The molecule has 1 aliphatic rings. The highest BCUT2D eigenvalue weighted by molar-refractivity contribution is 5.80. The number of guanidine groups is 1. The Morgan fingerprint density at radius 1 is 1.24 bits per heavy atom. The van der Waals surface area contributed by atoms with Gasteiger partial charge in [0.05, 0.1) is 32.9 Å². The Morgan fingerprint density at radius 3 is 2.48 bits per heavy atom. The number of ether oxygens (including phenoxy) is 2. The number of benzene rings is 1. The summed E-state index contributed by atoms with van der Waals surface area (Å²) < 4.78 is 10.8. The molecule has 0 spiro atoms. The van der Waals surface area contributed by atoms with Crippen molar-refractivity contribution in [3.63, 3.8) is 0 Å². The van der Waals surface area contributed by atoms with Crippen LogP contribution in [0, 0.1) is 0 Å². The molecular formula is C19H32N4O2. The van der Waals surface area contributed by atoms with Crippen LogP contribution in [-0.4, -0.2) is 63.4 Å². The summed E-state index contributed by atoms with van der Waals surface area (Å²) in [6.07, 6.45) is 0. The molecule has 0 aliphatic carbocycles. The third-order valence-corrected chi connectivity index (χ3v) is 4.18. The molecule has 0 radical (unpaired) electrons. The Hall–Kier alpha value is -1.79. The standard InChI is InChI=1S/C19H32N4O2/c1-5-20-19(22-15(2)3)21-14-18(23-10-12-25-13-11-23)16-6-8-17(24-4)9-7-16/h6-9,15,18H,5,10-14H2,1-4H3,(H2,20,21,22). The number of morpholine rings is 1. The molecule has 1 aliphatic heterocycles. The van der Waals surface area contributed by atoms with E-state index in [4.69, 9.17) is 14.5 Å². The van der Waals surface area contributed by atoms with E-state index in [2.05, 4.69) is 48.4 Å². The lowest BCUT2D eigenvalue weighted by Crippen LogP contribution is -2.43. The van der Waals surface area contributed by atoms with Crippen LogP contribution in [0.4, 0.5) is 0 Å². The minimum absolute atomic E-state index is 0.234. The van der Waals surface area contributed by atoms with Crippen LogP contribution in [0.15, 0.2) is 29.3 Å². The highest BCUT2D eigenvalue weighted by atomic mass is 16.5. The second kappa shape index (κ2) is 10.3. The van der Waals surface area contributed by atoms with Gasteiger partial charge in [0.2, 0.25) is 0 Å². The molecule has 6 heteroatoms. The van der Waals surface area contributed by atoms with E-state index in [1.807, 2.05) is 12.1 Å². The monoisotopic (exact) mass is 348 g/mol. The Balaban J connectivity index is 2.17. The van der Waals surface area contributed by atoms with Gasteiger partial charge in [-0.05, 0) is 38.5 Å². The van der Waals surface area contributed by atoms with E-state index < -0.39 is 0 Å². The van der Waals surface area contributed by atoms with Crippen molar-refractivity contribution in [3.8, 4) is 5.75 Å². The fourth-order valence-corrected chi connectivity index (χ4v) is 2.92. The Labute approximate surface area is 151 Å². The van der Waals surface area contributed by atoms with E-state index >= 15 is 0 Å². The first kappa shape index (κ1) is 19.5. The van der Waals surface area contributed by atoms with Gasteiger partial charge in [-0.2, -0.15) is 0 Å². The predicted molar refractivity (Wildman–Crippen MR) is 102 cm³/mol. The summed E-state index contributed by atoms with van der Waals surface area (Å²) in [4.78, 5) is 7.28. The average Bonchev–Trinajstić information content (AvgIpc) is 2.63. The van der Waals surface area contributed by atoms with Gasteiger partial charge >= 0.3 is 0 Å². The Kier molecular flexibility index (Phi) is 8.01. The van der Waals surface area contributed by atoms with E-state index in [-0.39, 0.29) is 6.04 Å². The zero-order valence-corrected chi connectivity index (χ0v) is 15.9. The molecule has 6 nitrogen and oxygen atoms in total. The van der Waals surface area contributed by atoms with Gasteiger partial charge in [0.15, 0.2) is 5.96 Å². The Bertz CT molecular complexity index is 525. The molecular weight excluding hydrogens is 316 g/mol. The van der Waals surface area contributed by atoms with Crippen LogP contribution in [0.2, 0.25) is 0 Å². The summed E-state index contributed by atoms with van der Waals surface area (Å²) in [7, 11) is 1.69. The third-order valence-electron chi connectivity index (χ3n) is 4.18. The van der Waals surface area contributed by atoms with Crippen LogP contribution in [0.1, 0.15) is 32.4 Å². The third kappa shape index (κ3) is 6.21. The molecule has 1 saturated heterocycles. The minimum Gasteiger partial charge on any atom is -0.497 e. The van der Waals surface area contributed by atoms with Crippen molar-refractivity contribution in [3.05, 3.63) is 29.8 Å². The first-order chi connectivity index (χ1) is 12.1. The molecule has 1 aromatic rings. The smallest absolute Gasteiger partial charge is 0.191 e. The van der Waals surface area contributed by atoms with E-state index in [9.17, 15) is 0 Å². The lowest BCUT2D eigenvalue weighted by Gasteiger charge is -2.34. The molecule has 0 bridgehead atoms. The molecule has 1 unspecified atom stereocenters. The summed E-state index contributed by atoms with van der Waals surface area (Å²) in [5.41, 5.74) is 1.26. The van der Waals surface area contributed by atoms with Crippen molar-refractivity contribution in [2.24, 2.45) is 4.99 Å². The second-order valence-electron chi connectivity index (χ2n) is 6.46. The van der Waals surface area contributed by atoms with Crippen molar-refractivity contribution in [2.45, 2.75) is 32.9 Å². The first-order valence-corrected chi connectivity index (χ1v) is 9.14. The van der Waals surface area contributed by atoms with E-state index in [0.29, 0.717) is 12.6 Å². The van der Waals surface area contributed by atoms with Crippen LogP contribution in [0.3, 0.4) is 0 Å². The number of rotatable bonds is 7. The normalized spacial score (nSPS) is 17.4. The van der Waals surface area contributed by atoms with E-state index in [0.717, 1.165) is 44.6 Å². The number of aliphatic imine (C=N–C) groups is 1. The Morgan fingerprint density at radius 2 is 1.92 bits per heavy atom. The number of nitrogens with one attached hydrogen (secondary N) is 2. The molecule has 1 heterocycles. The summed E-state index contributed by atoms with van der Waals surface area (Å²) in [6, 6.07) is 8.89. The van der Waals surface area contributed by atoms with Crippen LogP contribution in [0.25, 0.3) is 0 Å². The molecule has 25 heavy (non-hydrogen) atoms. The number of nitrogens with zero attached hydrogens (tertiary/aromatic N) is 2. The molecule has 0 saturated carbocycles. The van der Waals surface area contributed by atoms with E-state index in [1.165, 1.54) is 5.56 Å². The van der Waals surface area contributed by atoms with Gasteiger partial charge in [0.1, 0.15) is 5.75 Å². The van der Waals surface area contributed by atoms with Crippen LogP contribution in [0.5, 0.6) is 5.75 Å². The van der Waals surface area contributed by atoms with Crippen molar-refractivity contribution in [2.75, 3.05) is 46.5 Å².